The zero-order valence-corrected chi connectivity index (χ0v) is 10.9. The standard InChI is InChI=1S/C14H13F3N2O2/c15-14(16,17)10-5-6-13(20)19(9-10)7-8-21-12-4-2-1-3-11(12)18/h1-6,9H,7-8,18H2. The van der Waals surface area contributed by atoms with Crippen molar-refractivity contribution in [1.29, 1.82) is 0 Å². The molecule has 1 aromatic heterocycles. The average molecular weight is 298 g/mol. The van der Waals surface area contributed by atoms with E-state index in [1.807, 2.05) is 0 Å². The predicted octanol–water partition coefficient (Wildman–Crippen LogP) is 2.53. The maximum atomic E-state index is 12.6. The highest BCUT2D eigenvalue weighted by Gasteiger charge is 2.30. The molecular formula is C14H13F3N2O2. The lowest BCUT2D eigenvalue weighted by Crippen LogP contribution is -2.24. The molecule has 2 aromatic rings. The molecule has 0 aliphatic heterocycles. The summed E-state index contributed by atoms with van der Waals surface area (Å²) in [4.78, 5) is 11.5. The molecule has 2 rings (SSSR count). The largest absolute Gasteiger partial charge is 0.490 e. The van der Waals surface area contributed by atoms with E-state index in [1.165, 1.54) is 0 Å². The normalized spacial score (nSPS) is 11.4. The molecule has 112 valence electrons. The Balaban J connectivity index is 2.07. The number of pyridine rings is 1. The van der Waals surface area contributed by atoms with Gasteiger partial charge in [0, 0.05) is 12.3 Å². The molecule has 0 saturated carbocycles. The first kappa shape index (κ1) is 15.0. The van der Waals surface area contributed by atoms with E-state index < -0.39 is 17.3 Å². The van der Waals surface area contributed by atoms with Gasteiger partial charge in [0.1, 0.15) is 12.4 Å². The maximum Gasteiger partial charge on any atom is 0.417 e. The highest BCUT2D eigenvalue weighted by Crippen LogP contribution is 2.28. The molecule has 4 nitrogen and oxygen atoms in total. The van der Waals surface area contributed by atoms with Crippen molar-refractivity contribution in [2.24, 2.45) is 0 Å². The number of hydrogen-bond acceptors (Lipinski definition) is 3. The van der Waals surface area contributed by atoms with Gasteiger partial charge in [-0.3, -0.25) is 4.79 Å². The topological polar surface area (TPSA) is 57.2 Å². The SMILES string of the molecule is Nc1ccccc1OCCn1cc(C(F)(F)F)ccc1=O. The number of nitrogen functional groups attached to an aromatic ring is 1. The van der Waals surface area contributed by atoms with Gasteiger partial charge in [-0.2, -0.15) is 13.2 Å². The van der Waals surface area contributed by atoms with E-state index in [0.29, 0.717) is 11.4 Å². The van der Waals surface area contributed by atoms with Gasteiger partial charge in [-0.25, -0.2) is 0 Å². The Hall–Kier alpha value is -2.44. The molecule has 21 heavy (non-hydrogen) atoms. The zero-order chi connectivity index (χ0) is 15.5. The van der Waals surface area contributed by atoms with E-state index in [4.69, 9.17) is 10.5 Å². The van der Waals surface area contributed by atoms with Crippen LogP contribution in [0.3, 0.4) is 0 Å². The van der Waals surface area contributed by atoms with Gasteiger partial charge in [-0.1, -0.05) is 12.1 Å². The summed E-state index contributed by atoms with van der Waals surface area (Å²) in [5.74, 6) is 0.428. The summed E-state index contributed by atoms with van der Waals surface area (Å²) >= 11 is 0. The molecule has 0 spiro atoms. The van der Waals surface area contributed by atoms with Gasteiger partial charge in [0.05, 0.1) is 17.8 Å². The van der Waals surface area contributed by atoms with Crippen LogP contribution in [0.1, 0.15) is 5.56 Å². The van der Waals surface area contributed by atoms with Crippen LogP contribution in [-0.2, 0) is 12.7 Å². The summed E-state index contributed by atoms with van der Waals surface area (Å²) in [6, 6.07) is 8.40. The first-order valence-electron chi connectivity index (χ1n) is 6.13. The second-order valence-electron chi connectivity index (χ2n) is 4.33. The van der Waals surface area contributed by atoms with Gasteiger partial charge in [-0.05, 0) is 18.2 Å². The third kappa shape index (κ3) is 3.77. The van der Waals surface area contributed by atoms with Crippen LogP contribution in [0.2, 0.25) is 0 Å². The zero-order valence-electron chi connectivity index (χ0n) is 10.9. The number of nitrogens with two attached hydrogens (primary N) is 1. The van der Waals surface area contributed by atoms with E-state index in [0.717, 1.165) is 22.9 Å². The van der Waals surface area contributed by atoms with Crippen molar-refractivity contribution < 1.29 is 17.9 Å². The molecule has 0 aliphatic carbocycles. The first-order chi connectivity index (χ1) is 9.88. The molecule has 0 radical (unpaired) electrons. The second-order valence-corrected chi connectivity index (χ2v) is 4.33. The van der Waals surface area contributed by atoms with Gasteiger partial charge < -0.3 is 15.0 Å². The third-order valence-corrected chi connectivity index (χ3v) is 2.82. The molecule has 0 aliphatic rings. The van der Waals surface area contributed by atoms with Crippen LogP contribution in [0.5, 0.6) is 5.75 Å². The van der Waals surface area contributed by atoms with Crippen LogP contribution in [0.4, 0.5) is 18.9 Å². The van der Waals surface area contributed by atoms with Crippen LogP contribution >= 0.6 is 0 Å². The lowest BCUT2D eigenvalue weighted by Gasteiger charge is -2.12. The summed E-state index contributed by atoms with van der Waals surface area (Å²) < 4.78 is 44.0. The van der Waals surface area contributed by atoms with Crippen molar-refractivity contribution in [3.05, 3.63) is 58.5 Å². The molecule has 0 atom stereocenters. The minimum atomic E-state index is -4.49. The Morgan fingerprint density at radius 2 is 1.86 bits per heavy atom. The molecule has 0 bridgehead atoms. The number of rotatable bonds is 4. The summed E-state index contributed by atoms with van der Waals surface area (Å²) in [7, 11) is 0. The minimum absolute atomic E-state index is 0.00289. The fourth-order valence-electron chi connectivity index (χ4n) is 1.74. The van der Waals surface area contributed by atoms with Crippen molar-refractivity contribution in [3.63, 3.8) is 0 Å². The van der Waals surface area contributed by atoms with Crippen molar-refractivity contribution in [2.45, 2.75) is 12.7 Å². The number of benzene rings is 1. The van der Waals surface area contributed by atoms with Gasteiger partial charge in [0.2, 0.25) is 0 Å². The Morgan fingerprint density at radius 1 is 1.14 bits per heavy atom. The second kappa shape index (κ2) is 5.90. The average Bonchev–Trinajstić information content (AvgIpc) is 2.41. The number of aromatic nitrogens is 1. The molecule has 7 heteroatoms. The number of halogens is 3. The molecule has 2 N–H and O–H groups in total. The smallest absolute Gasteiger partial charge is 0.417 e. The van der Waals surface area contributed by atoms with Gasteiger partial charge in [0.15, 0.2) is 0 Å². The van der Waals surface area contributed by atoms with E-state index in [2.05, 4.69) is 0 Å². The minimum Gasteiger partial charge on any atom is -0.490 e. The first-order valence-corrected chi connectivity index (χ1v) is 6.13. The Bertz CT molecular complexity index is 680. The molecule has 1 aromatic carbocycles. The van der Waals surface area contributed by atoms with Crippen molar-refractivity contribution in [1.82, 2.24) is 4.57 Å². The third-order valence-electron chi connectivity index (χ3n) is 2.82. The summed E-state index contributed by atoms with van der Waals surface area (Å²) in [6.07, 6.45) is -3.71. The molecule has 0 unspecified atom stereocenters. The Morgan fingerprint density at radius 3 is 2.52 bits per heavy atom. The summed E-state index contributed by atoms with van der Waals surface area (Å²) in [5, 5.41) is 0. The van der Waals surface area contributed by atoms with Crippen molar-refractivity contribution in [2.75, 3.05) is 12.3 Å². The number of nitrogens with zero attached hydrogens (tertiary/aromatic N) is 1. The number of para-hydroxylation sites is 2. The fourth-order valence-corrected chi connectivity index (χ4v) is 1.74. The molecule has 1 heterocycles. The lowest BCUT2D eigenvalue weighted by molar-refractivity contribution is -0.138. The van der Waals surface area contributed by atoms with Crippen LogP contribution < -0.4 is 16.0 Å². The maximum absolute atomic E-state index is 12.6. The Labute approximate surface area is 118 Å². The van der Waals surface area contributed by atoms with E-state index in [-0.39, 0.29) is 13.2 Å². The fraction of sp³-hybridized carbons (Fsp3) is 0.214. The van der Waals surface area contributed by atoms with Gasteiger partial charge in [0.25, 0.3) is 5.56 Å². The monoisotopic (exact) mass is 298 g/mol. The quantitative estimate of drug-likeness (QED) is 0.882. The number of ether oxygens (including phenoxy) is 1. The molecule has 0 saturated heterocycles. The summed E-state index contributed by atoms with van der Waals surface area (Å²) in [6.45, 7) is 0.0342. The van der Waals surface area contributed by atoms with E-state index in [1.54, 1.807) is 24.3 Å². The van der Waals surface area contributed by atoms with Crippen molar-refractivity contribution >= 4 is 5.69 Å². The van der Waals surface area contributed by atoms with E-state index in [9.17, 15) is 18.0 Å². The van der Waals surface area contributed by atoms with Crippen LogP contribution in [0.15, 0.2) is 47.4 Å². The van der Waals surface area contributed by atoms with Gasteiger partial charge >= 0.3 is 6.18 Å². The molecular weight excluding hydrogens is 285 g/mol. The van der Waals surface area contributed by atoms with Crippen LogP contribution in [-0.4, -0.2) is 11.2 Å². The van der Waals surface area contributed by atoms with E-state index >= 15 is 0 Å². The van der Waals surface area contributed by atoms with Gasteiger partial charge in [-0.15, -0.1) is 0 Å². The molecule has 0 amide bonds. The molecule has 0 fully saturated rings. The highest BCUT2D eigenvalue weighted by atomic mass is 19.4. The van der Waals surface area contributed by atoms with Crippen LogP contribution in [0, 0.1) is 0 Å². The highest BCUT2D eigenvalue weighted by molar-refractivity contribution is 5.51. The summed E-state index contributed by atoms with van der Waals surface area (Å²) in [5.41, 5.74) is 4.70. The lowest BCUT2D eigenvalue weighted by atomic mass is 10.3. The Kier molecular flexibility index (Phi) is 4.21. The predicted molar refractivity (Wildman–Crippen MR) is 72.1 cm³/mol. The number of anilines is 1. The number of alkyl halides is 3. The number of hydrogen-bond donors (Lipinski definition) is 1. The van der Waals surface area contributed by atoms with Crippen LogP contribution in [0.25, 0.3) is 0 Å². The van der Waals surface area contributed by atoms with Crippen molar-refractivity contribution in [3.8, 4) is 5.75 Å².